The van der Waals surface area contributed by atoms with Crippen molar-refractivity contribution in [3.63, 3.8) is 0 Å². The van der Waals surface area contributed by atoms with E-state index in [0.29, 0.717) is 4.90 Å². The number of hydrogen-bond donors (Lipinski definition) is 2. The van der Waals surface area contributed by atoms with E-state index in [1.54, 1.807) is 24.3 Å². The molecule has 0 aromatic heterocycles. The number of rotatable bonds is 3. The zero-order valence-corrected chi connectivity index (χ0v) is 18.8. The van der Waals surface area contributed by atoms with E-state index in [4.69, 9.17) is 5.73 Å². The number of benzene rings is 2. The molecule has 0 amide bonds. The molecule has 1 aliphatic carbocycles. The minimum absolute atomic E-state index is 0. The summed E-state index contributed by atoms with van der Waals surface area (Å²) in [5, 5.41) is 0. The van der Waals surface area contributed by atoms with Gasteiger partial charge in [0, 0.05) is 31.6 Å². The third-order valence-corrected chi connectivity index (χ3v) is 6.18. The normalized spacial score (nSPS) is 19.4. The van der Waals surface area contributed by atoms with Crippen LogP contribution in [-0.2, 0) is 29.5 Å². The quantitative estimate of drug-likeness (QED) is 0.663. The number of nitrogens with one attached hydrogen (secondary N) is 1. The Bertz CT molecular complexity index is 769. The molecule has 2 aromatic rings. The van der Waals surface area contributed by atoms with Gasteiger partial charge in [0.15, 0.2) is 0 Å². The fraction of sp³-hybridized carbons (Fsp3) is 0.429. The average Bonchev–Trinajstić information content (AvgIpc) is 2.60. The van der Waals surface area contributed by atoms with Gasteiger partial charge in [-0.05, 0) is 45.7 Å². The van der Waals surface area contributed by atoms with E-state index in [-0.39, 0.29) is 31.6 Å². The molecule has 3 rings (SSSR count). The van der Waals surface area contributed by atoms with Gasteiger partial charge in [0.25, 0.3) is 0 Å². The minimum atomic E-state index is -3.44. The third kappa shape index (κ3) is 7.83. The maximum absolute atomic E-state index is 12.2. The van der Waals surface area contributed by atoms with E-state index in [9.17, 15) is 8.42 Å². The molecule has 3 N–H and O–H groups in total. The molecular formula is C21H30N2O2RuS. The van der Waals surface area contributed by atoms with Crippen LogP contribution in [0.25, 0.3) is 0 Å². The second-order valence-corrected chi connectivity index (χ2v) is 8.86. The Hall–Kier alpha value is -1.07. The van der Waals surface area contributed by atoms with Gasteiger partial charge in [0.2, 0.25) is 10.0 Å². The van der Waals surface area contributed by atoms with E-state index >= 15 is 0 Å². The molecule has 2 atom stereocenters. The number of hydrogen-bond acceptors (Lipinski definition) is 3. The molecule has 0 radical (unpaired) electrons. The Morgan fingerprint density at radius 2 is 1.22 bits per heavy atom. The number of nitrogens with two attached hydrogens (primary N) is 1. The number of aryl methyl sites for hydroxylation is 3. The molecule has 6 heteroatoms. The van der Waals surface area contributed by atoms with Gasteiger partial charge >= 0.3 is 0 Å². The van der Waals surface area contributed by atoms with Crippen molar-refractivity contribution in [1.29, 1.82) is 0 Å². The first-order chi connectivity index (χ1) is 12.3. The molecule has 0 unspecified atom stereocenters. The SMILES string of the molecule is Cc1ccc(C)cc1.Cc1ccc(S(=O)(=O)N[C@H]2CCCC[C@@H]2N)cc1.[Ru]. The zero-order chi connectivity index (χ0) is 19.2. The molecule has 4 nitrogen and oxygen atoms in total. The molecule has 1 aliphatic rings. The number of sulfonamides is 1. The fourth-order valence-corrected chi connectivity index (χ4v) is 4.25. The summed E-state index contributed by atoms with van der Waals surface area (Å²) in [5.41, 5.74) is 9.66. The topological polar surface area (TPSA) is 72.2 Å². The summed E-state index contributed by atoms with van der Waals surface area (Å²) in [4.78, 5) is 0.311. The monoisotopic (exact) mass is 476 g/mol. The minimum Gasteiger partial charge on any atom is -0.326 e. The largest absolute Gasteiger partial charge is 0.326 e. The van der Waals surface area contributed by atoms with Crippen LogP contribution in [0, 0.1) is 20.8 Å². The van der Waals surface area contributed by atoms with Gasteiger partial charge in [0.05, 0.1) is 4.90 Å². The molecule has 1 saturated carbocycles. The van der Waals surface area contributed by atoms with Gasteiger partial charge in [0.1, 0.15) is 0 Å². The summed E-state index contributed by atoms with van der Waals surface area (Å²) >= 11 is 0. The molecule has 2 aromatic carbocycles. The van der Waals surface area contributed by atoms with Crippen LogP contribution < -0.4 is 10.5 Å². The molecule has 0 heterocycles. The molecule has 0 saturated heterocycles. The summed E-state index contributed by atoms with van der Waals surface area (Å²) < 4.78 is 27.1. The van der Waals surface area contributed by atoms with Gasteiger partial charge in [-0.25, -0.2) is 13.1 Å². The molecule has 150 valence electrons. The van der Waals surface area contributed by atoms with Crippen molar-refractivity contribution < 1.29 is 27.9 Å². The molecule has 0 aliphatic heterocycles. The van der Waals surface area contributed by atoms with Crippen LogP contribution in [-0.4, -0.2) is 20.5 Å². The van der Waals surface area contributed by atoms with Crippen LogP contribution in [0.15, 0.2) is 53.4 Å². The van der Waals surface area contributed by atoms with Gasteiger partial charge < -0.3 is 5.73 Å². The maximum atomic E-state index is 12.2. The summed E-state index contributed by atoms with van der Waals surface area (Å²) in [7, 11) is -3.44. The van der Waals surface area contributed by atoms with E-state index in [2.05, 4.69) is 42.8 Å². The summed E-state index contributed by atoms with van der Waals surface area (Å²) in [6.07, 6.45) is 3.84. The Morgan fingerprint density at radius 1 is 0.815 bits per heavy atom. The molecule has 0 bridgehead atoms. The van der Waals surface area contributed by atoms with Crippen molar-refractivity contribution in [2.45, 2.75) is 63.4 Å². The standard InChI is InChI=1S/C13H20N2O2S.C8H10.Ru/c1-10-6-8-11(9-7-10)18(16,17)15-13-5-3-2-4-12(13)14;1-7-3-5-8(2)6-4-7;/h6-9,12-13,15H,2-5,14H2,1H3;3-6H,1-2H3;/t12-,13-;;/m0../s1. The van der Waals surface area contributed by atoms with Crippen molar-refractivity contribution in [2.75, 3.05) is 0 Å². The van der Waals surface area contributed by atoms with Crippen molar-refractivity contribution in [1.82, 2.24) is 4.72 Å². The van der Waals surface area contributed by atoms with Crippen LogP contribution in [0.3, 0.4) is 0 Å². The fourth-order valence-electron chi connectivity index (χ4n) is 2.93. The first-order valence-electron chi connectivity index (χ1n) is 9.16. The van der Waals surface area contributed by atoms with Gasteiger partial charge in [-0.2, -0.15) is 0 Å². The zero-order valence-electron chi connectivity index (χ0n) is 16.3. The van der Waals surface area contributed by atoms with E-state index in [0.717, 1.165) is 31.2 Å². The Labute approximate surface area is 176 Å². The second kappa shape index (κ2) is 11.1. The summed E-state index contributed by atoms with van der Waals surface area (Å²) in [6.45, 7) is 6.12. The molecule has 1 fully saturated rings. The first kappa shape index (κ1) is 24.0. The van der Waals surface area contributed by atoms with E-state index < -0.39 is 10.0 Å². The third-order valence-electron chi connectivity index (χ3n) is 4.68. The van der Waals surface area contributed by atoms with Crippen LogP contribution in [0.5, 0.6) is 0 Å². The van der Waals surface area contributed by atoms with Crippen LogP contribution in [0.2, 0.25) is 0 Å². The summed E-state index contributed by atoms with van der Waals surface area (Å²) in [5.74, 6) is 0. The van der Waals surface area contributed by atoms with Crippen molar-refractivity contribution in [3.8, 4) is 0 Å². The van der Waals surface area contributed by atoms with Crippen LogP contribution in [0.4, 0.5) is 0 Å². The first-order valence-corrected chi connectivity index (χ1v) is 10.6. The van der Waals surface area contributed by atoms with Gasteiger partial charge in [-0.3, -0.25) is 0 Å². The van der Waals surface area contributed by atoms with Crippen molar-refractivity contribution in [2.24, 2.45) is 5.73 Å². The maximum Gasteiger partial charge on any atom is 0.240 e. The predicted octanol–water partition coefficient (Wildman–Crippen LogP) is 3.84. The van der Waals surface area contributed by atoms with Crippen molar-refractivity contribution in [3.05, 3.63) is 65.2 Å². The average molecular weight is 476 g/mol. The molecular weight excluding hydrogens is 445 g/mol. The van der Waals surface area contributed by atoms with Gasteiger partial charge in [-0.1, -0.05) is 65.9 Å². The summed E-state index contributed by atoms with van der Waals surface area (Å²) in [6, 6.07) is 15.1. The Morgan fingerprint density at radius 3 is 1.67 bits per heavy atom. The van der Waals surface area contributed by atoms with E-state index in [1.807, 2.05) is 6.92 Å². The second-order valence-electron chi connectivity index (χ2n) is 7.14. The predicted molar refractivity (Wildman–Crippen MR) is 108 cm³/mol. The molecule has 27 heavy (non-hydrogen) atoms. The Kier molecular flexibility index (Phi) is 9.82. The van der Waals surface area contributed by atoms with Crippen LogP contribution in [0.1, 0.15) is 42.4 Å². The van der Waals surface area contributed by atoms with Crippen molar-refractivity contribution >= 4 is 10.0 Å². The smallest absolute Gasteiger partial charge is 0.240 e. The van der Waals surface area contributed by atoms with Crippen LogP contribution >= 0.6 is 0 Å². The van der Waals surface area contributed by atoms with E-state index in [1.165, 1.54) is 11.1 Å². The Balaban J connectivity index is 0.000000342. The van der Waals surface area contributed by atoms with Gasteiger partial charge in [-0.15, -0.1) is 0 Å². The molecule has 0 spiro atoms.